The van der Waals surface area contributed by atoms with Gasteiger partial charge in [-0.3, -0.25) is 35.2 Å². The van der Waals surface area contributed by atoms with Crippen LogP contribution in [0.25, 0.3) is 0 Å². The quantitative estimate of drug-likeness (QED) is 0.466. The second-order valence-corrected chi connectivity index (χ2v) is 4.98. The fourth-order valence-electron chi connectivity index (χ4n) is 2.10. The number of amides is 6. The molecule has 0 bridgehead atoms. The first-order chi connectivity index (χ1) is 10.9. The van der Waals surface area contributed by atoms with E-state index in [1.165, 1.54) is 24.3 Å². The smallest absolute Gasteiger partial charge is 0.273 e. The molecule has 9 nitrogen and oxygen atoms in total. The summed E-state index contributed by atoms with van der Waals surface area (Å²) in [5, 5.41) is 4.91. The summed E-state index contributed by atoms with van der Waals surface area (Å²) in [6, 6.07) is 4.92. The normalized spacial score (nSPS) is 18.1. The van der Waals surface area contributed by atoms with Gasteiger partial charge in [0.1, 0.15) is 11.1 Å². The number of benzene rings is 1. The van der Waals surface area contributed by atoms with Crippen molar-refractivity contribution in [3.05, 3.63) is 40.4 Å². The number of hydrazine groups is 1. The van der Waals surface area contributed by atoms with Crippen LogP contribution in [0.4, 0.5) is 10.5 Å². The van der Waals surface area contributed by atoms with Crippen LogP contribution in [-0.2, 0) is 19.2 Å². The predicted octanol–water partition coefficient (Wildman–Crippen LogP) is -0.620. The molecule has 2 aliphatic heterocycles. The number of nitrogens with one attached hydrogen (secondary N) is 3. The molecule has 3 N–H and O–H groups in total. The molecular formula is C13H7ClN4O5. The number of halogens is 1. The number of anilines is 1. The van der Waals surface area contributed by atoms with Gasteiger partial charge in [-0.05, 0) is 24.3 Å². The molecule has 2 saturated heterocycles. The molecule has 2 aliphatic rings. The fourth-order valence-corrected chi connectivity index (χ4v) is 2.23. The summed E-state index contributed by atoms with van der Waals surface area (Å²) in [7, 11) is 0. The van der Waals surface area contributed by atoms with Gasteiger partial charge in [0.05, 0.1) is 5.69 Å². The second-order valence-electron chi connectivity index (χ2n) is 4.55. The molecule has 0 radical (unpaired) electrons. The van der Waals surface area contributed by atoms with Gasteiger partial charge >= 0.3 is 6.03 Å². The minimum atomic E-state index is -1.12. The largest absolute Gasteiger partial charge is 0.328 e. The summed E-state index contributed by atoms with van der Waals surface area (Å²) in [5.41, 5.74) is 1.16. The molecule has 23 heavy (non-hydrogen) atoms. The van der Waals surface area contributed by atoms with Crippen molar-refractivity contribution in [2.45, 2.75) is 0 Å². The summed E-state index contributed by atoms with van der Waals surface area (Å²) in [6.07, 6.45) is 0. The third kappa shape index (κ3) is 2.42. The number of hydrogen-bond donors (Lipinski definition) is 3. The third-order valence-electron chi connectivity index (χ3n) is 3.10. The lowest BCUT2D eigenvalue weighted by atomic mass is 10.0. The number of carbonyl (C=O) groups is 5. The molecule has 3 rings (SSSR count). The molecule has 0 aromatic heterocycles. The van der Waals surface area contributed by atoms with Gasteiger partial charge < -0.3 is 0 Å². The highest BCUT2D eigenvalue weighted by molar-refractivity contribution is 6.40. The Labute approximate surface area is 133 Å². The highest BCUT2D eigenvalue weighted by atomic mass is 35.5. The Morgan fingerprint density at radius 3 is 1.91 bits per heavy atom. The maximum Gasteiger partial charge on any atom is 0.328 e. The summed E-state index contributed by atoms with van der Waals surface area (Å²) >= 11 is 5.75. The van der Waals surface area contributed by atoms with Crippen molar-refractivity contribution in [1.82, 2.24) is 16.1 Å². The van der Waals surface area contributed by atoms with Gasteiger partial charge in [-0.1, -0.05) is 11.6 Å². The average Bonchev–Trinajstić information content (AvgIpc) is 2.75. The highest BCUT2D eigenvalue weighted by Crippen LogP contribution is 2.24. The lowest BCUT2D eigenvalue weighted by Gasteiger charge is -2.16. The Balaban J connectivity index is 2.03. The Kier molecular flexibility index (Phi) is 3.34. The molecule has 1 aromatic rings. The summed E-state index contributed by atoms with van der Waals surface area (Å²) < 4.78 is 0. The van der Waals surface area contributed by atoms with Gasteiger partial charge in [0.2, 0.25) is 0 Å². The standard InChI is InChI=1S/C13H7ClN4O5/c14-5-1-3-6(4-2-5)18-12(22)8(11(21)17-18)7-9(19)15-13(23)16-10(7)20/h1-4H,(H,17,21)(H2,15,16,19,20,23). The number of urea groups is 1. The summed E-state index contributed by atoms with van der Waals surface area (Å²) in [4.78, 5) is 58.9. The molecule has 0 unspecified atom stereocenters. The van der Waals surface area contributed by atoms with Crippen LogP contribution in [0, 0.1) is 0 Å². The van der Waals surface area contributed by atoms with Crippen LogP contribution in [0.2, 0.25) is 5.02 Å². The lowest BCUT2D eigenvalue weighted by molar-refractivity contribution is -0.126. The van der Waals surface area contributed by atoms with Crippen LogP contribution < -0.4 is 21.1 Å². The van der Waals surface area contributed by atoms with E-state index < -0.39 is 40.8 Å². The first-order valence-corrected chi connectivity index (χ1v) is 6.58. The van der Waals surface area contributed by atoms with E-state index >= 15 is 0 Å². The number of carbonyl (C=O) groups excluding carboxylic acids is 5. The van der Waals surface area contributed by atoms with Crippen molar-refractivity contribution >= 4 is 46.9 Å². The number of imide groups is 2. The van der Waals surface area contributed by atoms with Crippen LogP contribution in [0.1, 0.15) is 0 Å². The summed E-state index contributed by atoms with van der Waals surface area (Å²) in [5.74, 6) is -4.06. The van der Waals surface area contributed by atoms with E-state index in [1.807, 2.05) is 0 Å². The van der Waals surface area contributed by atoms with Crippen molar-refractivity contribution in [1.29, 1.82) is 0 Å². The van der Waals surface area contributed by atoms with Crippen LogP contribution >= 0.6 is 11.6 Å². The molecule has 6 amide bonds. The fraction of sp³-hybridized carbons (Fsp3) is 0. The van der Waals surface area contributed by atoms with Crippen LogP contribution in [-0.4, -0.2) is 29.7 Å². The van der Waals surface area contributed by atoms with Crippen LogP contribution in [0.3, 0.4) is 0 Å². The van der Waals surface area contributed by atoms with Crippen LogP contribution in [0.5, 0.6) is 0 Å². The first-order valence-electron chi connectivity index (χ1n) is 6.20. The molecule has 0 aliphatic carbocycles. The van der Waals surface area contributed by atoms with Gasteiger partial charge in [-0.15, -0.1) is 0 Å². The molecule has 0 spiro atoms. The number of nitrogens with zero attached hydrogens (tertiary/aromatic N) is 1. The number of hydrogen-bond acceptors (Lipinski definition) is 5. The van der Waals surface area contributed by atoms with E-state index in [2.05, 4.69) is 5.43 Å². The van der Waals surface area contributed by atoms with Gasteiger partial charge in [-0.2, -0.15) is 0 Å². The Morgan fingerprint density at radius 2 is 1.35 bits per heavy atom. The van der Waals surface area contributed by atoms with Gasteiger partial charge in [0, 0.05) is 5.02 Å². The summed E-state index contributed by atoms with van der Waals surface area (Å²) in [6.45, 7) is 0. The maximum atomic E-state index is 12.4. The topological polar surface area (TPSA) is 125 Å². The Bertz CT molecular complexity index is 792. The molecule has 10 heteroatoms. The molecular weight excluding hydrogens is 328 g/mol. The Morgan fingerprint density at radius 1 is 0.783 bits per heavy atom. The molecule has 0 saturated carbocycles. The zero-order valence-electron chi connectivity index (χ0n) is 11.2. The third-order valence-corrected chi connectivity index (χ3v) is 3.35. The van der Waals surface area contributed by atoms with E-state index in [0.717, 1.165) is 5.01 Å². The highest BCUT2D eigenvalue weighted by Gasteiger charge is 2.43. The van der Waals surface area contributed by atoms with E-state index in [4.69, 9.17) is 11.6 Å². The SMILES string of the molecule is O=C1NC(=O)C(=C2C(=O)NN(c3ccc(Cl)cc3)C2=O)C(=O)N1. The Hall–Kier alpha value is -3.20. The average molecular weight is 335 g/mol. The zero-order valence-corrected chi connectivity index (χ0v) is 11.9. The van der Waals surface area contributed by atoms with Crippen molar-refractivity contribution in [3.8, 4) is 0 Å². The first kappa shape index (κ1) is 14.7. The molecule has 1 aromatic carbocycles. The zero-order chi connectivity index (χ0) is 16.7. The molecule has 2 heterocycles. The minimum absolute atomic E-state index is 0.288. The lowest BCUT2D eigenvalue weighted by Crippen LogP contribution is -2.52. The van der Waals surface area contributed by atoms with E-state index in [0.29, 0.717) is 5.02 Å². The van der Waals surface area contributed by atoms with E-state index in [1.54, 1.807) is 10.6 Å². The van der Waals surface area contributed by atoms with E-state index in [9.17, 15) is 24.0 Å². The van der Waals surface area contributed by atoms with Crippen molar-refractivity contribution in [2.75, 3.05) is 5.01 Å². The minimum Gasteiger partial charge on any atom is -0.273 e. The van der Waals surface area contributed by atoms with Crippen molar-refractivity contribution < 1.29 is 24.0 Å². The van der Waals surface area contributed by atoms with Gasteiger partial charge in [-0.25, -0.2) is 9.80 Å². The van der Waals surface area contributed by atoms with Crippen molar-refractivity contribution in [2.24, 2.45) is 0 Å². The number of barbiturate groups is 1. The van der Waals surface area contributed by atoms with Gasteiger partial charge in [0.25, 0.3) is 23.6 Å². The molecule has 116 valence electrons. The monoisotopic (exact) mass is 334 g/mol. The van der Waals surface area contributed by atoms with E-state index in [-0.39, 0.29) is 5.69 Å². The molecule has 2 fully saturated rings. The maximum absolute atomic E-state index is 12.4. The molecule has 0 atom stereocenters. The second kappa shape index (κ2) is 5.21. The van der Waals surface area contributed by atoms with Crippen LogP contribution in [0.15, 0.2) is 35.4 Å². The predicted molar refractivity (Wildman–Crippen MR) is 75.8 cm³/mol. The van der Waals surface area contributed by atoms with Gasteiger partial charge in [0.15, 0.2) is 0 Å². The van der Waals surface area contributed by atoms with Crippen molar-refractivity contribution in [3.63, 3.8) is 0 Å². The number of rotatable bonds is 1.